The van der Waals surface area contributed by atoms with Crippen LogP contribution in [0.2, 0.25) is 0 Å². The van der Waals surface area contributed by atoms with Crippen LogP contribution in [0.1, 0.15) is 25.5 Å². The Balaban J connectivity index is 2.27. The molecule has 1 aliphatic rings. The molecule has 0 radical (unpaired) electrons. The first-order valence-electron chi connectivity index (χ1n) is 6.39. The SMILES string of the molecule is CC(N)c1ccccc1N1CCN(C)CC1C. The van der Waals surface area contributed by atoms with Gasteiger partial charge >= 0.3 is 0 Å². The van der Waals surface area contributed by atoms with Crippen LogP contribution in [0.3, 0.4) is 0 Å². The number of nitrogens with two attached hydrogens (primary N) is 1. The molecule has 2 N–H and O–H groups in total. The molecule has 3 heteroatoms. The van der Waals surface area contributed by atoms with Crippen LogP contribution in [-0.2, 0) is 0 Å². The summed E-state index contributed by atoms with van der Waals surface area (Å²) < 4.78 is 0. The van der Waals surface area contributed by atoms with E-state index in [2.05, 4.69) is 55.0 Å². The lowest BCUT2D eigenvalue weighted by molar-refractivity contribution is 0.275. The molecule has 1 heterocycles. The van der Waals surface area contributed by atoms with E-state index in [4.69, 9.17) is 5.73 Å². The number of benzene rings is 1. The minimum atomic E-state index is 0.0954. The molecule has 2 atom stereocenters. The molecule has 0 aromatic heterocycles. The first-order valence-corrected chi connectivity index (χ1v) is 6.39. The van der Waals surface area contributed by atoms with Crippen molar-refractivity contribution in [3.63, 3.8) is 0 Å². The number of anilines is 1. The number of nitrogens with zero attached hydrogens (tertiary/aromatic N) is 2. The van der Waals surface area contributed by atoms with Crippen LogP contribution < -0.4 is 10.6 Å². The van der Waals surface area contributed by atoms with Gasteiger partial charge in [0, 0.05) is 37.4 Å². The molecular formula is C14H23N3. The Hall–Kier alpha value is -1.06. The summed E-state index contributed by atoms with van der Waals surface area (Å²) in [6, 6.07) is 9.16. The highest BCUT2D eigenvalue weighted by atomic mass is 15.3. The van der Waals surface area contributed by atoms with Gasteiger partial charge < -0.3 is 15.5 Å². The Kier molecular flexibility index (Phi) is 3.69. The lowest BCUT2D eigenvalue weighted by Crippen LogP contribution is -2.50. The van der Waals surface area contributed by atoms with Gasteiger partial charge in [-0.3, -0.25) is 0 Å². The van der Waals surface area contributed by atoms with Crippen molar-refractivity contribution in [1.29, 1.82) is 0 Å². The molecule has 0 aliphatic carbocycles. The van der Waals surface area contributed by atoms with Gasteiger partial charge in [-0.15, -0.1) is 0 Å². The molecule has 17 heavy (non-hydrogen) atoms. The number of hydrogen-bond donors (Lipinski definition) is 1. The Morgan fingerprint density at radius 1 is 1.29 bits per heavy atom. The number of rotatable bonds is 2. The van der Waals surface area contributed by atoms with Crippen molar-refractivity contribution in [2.75, 3.05) is 31.6 Å². The quantitative estimate of drug-likeness (QED) is 0.846. The predicted octanol–water partition coefficient (Wildman–Crippen LogP) is 1.85. The van der Waals surface area contributed by atoms with Crippen LogP contribution in [0.25, 0.3) is 0 Å². The standard InChI is InChI=1S/C14H23N3/c1-11-10-16(3)8-9-17(11)14-7-5-4-6-13(14)12(2)15/h4-7,11-12H,8-10,15H2,1-3H3. The second-order valence-corrected chi connectivity index (χ2v) is 5.15. The zero-order valence-electron chi connectivity index (χ0n) is 11.1. The molecule has 1 saturated heterocycles. The minimum absolute atomic E-state index is 0.0954. The van der Waals surface area contributed by atoms with Gasteiger partial charge in [0.25, 0.3) is 0 Å². The van der Waals surface area contributed by atoms with Crippen LogP contribution >= 0.6 is 0 Å². The third kappa shape index (κ3) is 2.61. The fraction of sp³-hybridized carbons (Fsp3) is 0.571. The molecule has 1 aliphatic heterocycles. The monoisotopic (exact) mass is 233 g/mol. The first kappa shape index (κ1) is 12.4. The molecule has 0 spiro atoms. The van der Waals surface area contributed by atoms with Crippen molar-refractivity contribution < 1.29 is 0 Å². The van der Waals surface area contributed by atoms with Crippen LogP contribution in [-0.4, -0.2) is 37.6 Å². The highest BCUT2D eigenvalue weighted by Crippen LogP contribution is 2.27. The predicted molar refractivity (Wildman–Crippen MR) is 73.3 cm³/mol. The van der Waals surface area contributed by atoms with Gasteiger partial charge in [0.05, 0.1) is 0 Å². The Bertz CT molecular complexity index is 375. The zero-order valence-corrected chi connectivity index (χ0v) is 11.1. The summed E-state index contributed by atoms with van der Waals surface area (Å²) in [5, 5.41) is 0. The lowest BCUT2D eigenvalue weighted by Gasteiger charge is -2.41. The van der Waals surface area contributed by atoms with E-state index in [1.165, 1.54) is 11.3 Å². The van der Waals surface area contributed by atoms with E-state index in [9.17, 15) is 0 Å². The first-order chi connectivity index (χ1) is 8.09. The molecule has 1 aromatic rings. The van der Waals surface area contributed by atoms with Gasteiger partial charge in [0.1, 0.15) is 0 Å². The highest BCUT2D eigenvalue weighted by molar-refractivity contribution is 5.56. The second kappa shape index (κ2) is 5.07. The van der Waals surface area contributed by atoms with E-state index >= 15 is 0 Å². The average Bonchev–Trinajstić information content (AvgIpc) is 2.29. The van der Waals surface area contributed by atoms with Crippen LogP contribution in [0.4, 0.5) is 5.69 Å². The van der Waals surface area contributed by atoms with Crippen molar-refractivity contribution in [3.8, 4) is 0 Å². The van der Waals surface area contributed by atoms with Gasteiger partial charge in [-0.25, -0.2) is 0 Å². The average molecular weight is 233 g/mol. The molecule has 2 rings (SSSR count). The summed E-state index contributed by atoms with van der Waals surface area (Å²) in [4.78, 5) is 4.87. The number of hydrogen-bond acceptors (Lipinski definition) is 3. The normalized spacial score (nSPS) is 23.8. The third-order valence-corrected chi connectivity index (χ3v) is 3.57. The molecule has 1 aromatic carbocycles. The molecule has 2 unspecified atom stereocenters. The summed E-state index contributed by atoms with van der Waals surface area (Å²) in [6.07, 6.45) is 0. The number of piperazine rings is 1. The number of para-hydroxylation sites is 1. The third-order valence-electron chi connectivity index (χ3n) is 3.57. The fourth-order valence-corrected chi connectivity index (χ4v) is 2.63. The van der Waals surface area contributed by atoms with Gasteiger partial charge in [-0.05, 0) is 32.5 Å². The summed E-state index contributed by atoms with van der Waals surface area (Å²) in [5.41, 5.74) is 8.62. The van der Waals surface area contributed by atoms with E-state index in [1.807, 2.05) is 0 Å². The molecule has 0 amide bonds. The maximum absolute atomic E-state index is 6.06. The molecule has 0 bridgehead atoms. The van der Waals surface area contributed by atoms with Crippen molar-refractivity contribution in [2.45, 2.75) is 25.9 Å². The Labute approximate surface area is 104 Å². The zero-order chi connectivity index (χ0) is 12.4. The van der Waals surface area contributed by atoms with Crippen molar-refractivity contribution in [1.82, 2.24) is 4.90 Å². The number of likely N-dealkylation sites (N-methyl/N-ethyl adjacent to an activating group) is 1. The van der Waals surface area contributed by atoms with E-state index in [-0.39, 0.29) is 6.04 Å². The highest BCUT2D eigenvalue weighted by Gasteiger charge is 2.23. The molecule has 0 saturated carbocycles. The summed E-state index contributed by atoms with van der Waals surface area (Å²) in [6.45, 7) is 7.67. The summed E-state index contributed by atoms with van der Waals surface area (Å²) in [5.74, 6) is 0. The van der Waals surface area contributed by atoms with E-state index < -0.39 is 0 Å². The minimum Gasteiger partial charge on any atom is -0.366 e. The Morgan fingerprint density at radius 3 is 2.65 bits per heavy atom. The van der Waals surface area contributed by atoms with Gasteiger partial charge in [0.2, 0.25) is 0 Å². The summed E-state index contributed by atoms with van der Waals surface area (Å²) in [7, 11) is 2.19. The van der Waals surface area contributed by atoms with Crippen molar-refractivity contribution in [2.24, 2.45) is 5.73 Å². The second-order valence-electron chi connectivity index (χ2n) is 5.15. The van der Waals surface area contributed by atoms with Crippen LogP contribution in [0.5, 0.6) is 0 Å². The van der Waals surface area contributed by atoms with E-state index in [0.29, 0.717) is 6.04 Å². The molecule has 94 valence electrons. The topological polar surface area (TPSA) is 32.5 Å². The van der Waals surface area contributed by atoms with Crippen molar-refractivity contribution >= 4 is 5.69 Å². The Morgan fingerprint density at radius 2 is 2.00 bits per heavy atom. The fourth-order valence-electron chi connectivity index (χ4n) is 2.63. The molecular weight excluding hydrogens is 210 g/mol. The van der Waals surface area contributed by atoms with Gasteiger partial charge in [-0.2, -0.15) is 0 Å². The van der Waals surface area contributed by atoms with Gasteiger partial charge in [0.15, 0.2) is 0 Å². The smallest absolute Gasteiger partial charge is 0.0417 e. The largest absolute Gasteiger partial charge is 0.366 e. The maximum atomic E-state index is 6.06. The van der Waals surface area contributed by atoms with Crippen LogP contribution in [0, 0.1) is 0 Å². The molecule has 1 fully saturated rings. The van der Waals surface area contributed by atoms with Crippen LogP contribution in [0.15, 0.2) is 24.3 Å². The lowest BCUT2D eigenvalue weighted by atomic mass is 10.0. The van der Waals surface area contributed by atoms with E-state index in [1.54, 1.807) is 0 Å². The summed E-state index contributed by atoms with van der Waals surface area (Å²) >= 11 is 0. The molecule has 3 nitrogen and oxygen atoms in total. The van der Waals surface area contributed by atoms with Crippen molar-refractivity contribution in [3.05, 3.63) is 29.8 Å². The maximum Gasteiger partial charge on any atom is 0.0417 e. The van der Waals surface area contributed by atoms with Gasteiger partial charge in [-0.1, -0.05) is 18.2 Å². The van der Waals surface area contributed by atoms with E-state index in [0.717, 1.165) is 19.6 Å².